The van der Waals surface area contributed by atoms with Crippen LogP contribution in [0.3, 0.4) is 0 Å². The lowest BCUT2D eigenvalue weighted by Gasteiger charge is -2.22. The molecule has 3 N–H and O–H groups in total. The normalized spacial score (nSPS) is 14.2. The summed E-state index contributed by atoms with van der Waals surface area (Å²) in [5, 5.41) is 14.4. The van der Waals surface area contributed by atoms with Gasteiger partial charge in [0.15, 0.2) is 0 Å². The van der Waals surface area contributed by atoms with E-state index in [-0.39, 0.29) is 18.4 Å². The van der Waals surface area contributed by atoms with Gasteiger partial charge in [0.05, 0.1) is 6.42 Å². The summed E-state index contributed by atoms with van der Waals surface area (Å²) < 4.78 is 5.46. The average Bonchev–Trinajstić information content (AvgIpc) is 3.11. The molecule has 7 heteroatoms. The Balaban J connectivity index is 1.63. The Morgan fingerprint density at radius 1 is 1.00 bits per heavy atom. The fourth-order valence-corrected chi connectivity index (χ4v) is 4.37. The van der Waals surface area contributed by atoms with Crippen LogP contribution in [-0.4, -0.2) is 42.3 Å². The predicted octanol–water partition coefficient (Wildman–Crippen LogP) is 4.17. The third-order valence-electron chi connectivity index (χ3n) is 6.34. The zero-order chi connectivity index (χ0) is 24.0. The molecule has 7 nitrogen and oxygen atoms in total. The summed E-state index contributed by atoms with van der Waals surface area (Å²) in [6, 6.07) is 14.8. The molecule has 0 heterocycles. The molecule has 2 amide bonds. The number of fused-ring (bicyclic) bond motifs is 3. The molecular formula is C26H32N2O5. The average molecular weight is 453 g/mol. The molecule has 0 aliphatic heterocycles. The minimum atomic E-state index is -1.21. The van der Waals surface area contributed by atoms with E-state index >= 15 is 0 Å². The molecule has 0 bridgehead atoms. The molecule has 1 aliphatic rings. The van der Waals surface area contributed by atoms with Crippen molar-refractivity contribution in [2.45, 2.75) is 45.6 Å². The van der Waals surface area contributed by atoms with Gasteiger partial charge in [-0.05, 0) is 34.1 Å². The number of carbonyl (C=O) groups is 3. The first-order valence-electron chi connectivity index (χ1n) is 11.4. The number of carboxylic acid groups (broad SMARTS) is 1. The lowest BCUT2D eigenvalue weighted by molar-refractivity contribution is -0.139. The molecule has 0 saturated carbocycles. The van der Waals surface area contributed by atoms with Gasteiger partial charge in [0.1, 0.15) is 12.6 Å². The fourth-order valence-electron chi connectivity index (χ4n) is 4.37. The molecule has 176 valence electrons. The van der Waals surface area contributed by atoms with Crippen molar-refractivity contribution in [3.05, 3.63) is 59.7 Å². The van der Waals surface area contributed by atoms with E-state index in [1.54, 1.807) is 0 Å². The monoisotopic (exact) mass is 452 g/mol. The topological polar surface area (TPSA) is 105 Å². The van der Waals surface area contributed by atoms with Crippen LogP contribution in [0.2, 0.25) is 0 Å². The lowest BCUT2D eigenvalue weighted by Crippen LogP contribution is -2.49. The summed E-state index contributed by atoms with van der Waals surface area (Å²) in [6.07, 6.45) is -0.440. The highest BCUT2D eigenvalue weighted by molar-refractivity contribution is 5.89. The van der Waals surface area contributed by atoms with E-state index in [4.69, 9.17) is 4.74 Å². The van der Waals surface area contributed by atoms with Crippen LogP contribution in [0.4, 0.5) is 4.79 Å². The maximum absolute atomic E-state index is 12.6. The fraction of sp³-hybridized carbons (Fsp3) is 0.423. The third kappa shape index (κ3) is 5.92. The van der Waals surface area contributed by atoms with E-state index in [0.29, 0.717) is 12.5 Å². The SMILES string of the molecule is CCC(CNC(=O)C(CC(=O)O)NC(=O)OCC1c2ccccc2-c2ccccc21)C(C)C. The molecule has 0 radical (unpaired) electrons. The number of hydrogen-bond acceptors (Lipinski definition) is 4. The van der Waals surface area contributed by atoms with Gasteiger partial charge in [0.25, 0.3) is 0 Å². The number of carbonyl (C=O) groups excluding carboxylic acids is 2. The van der Waals surface area contributed by atoms with Gasteiger partial charge in [-0.1, -0.05) is 75.7 Å². The van der Waals surface area contributed by atoms with Gasteiger partial charge in [-0.3, -0.25) is 9.59 Å². The zero-order valence-corrected chi connectivity index (χ0v) is 19.3. The maximum atomic E-state index is 12.6. The molecule has 0 aromatic heterocycles. The summed E-state index contributed by atoms with van der Waals surface area (Å²) in [6.45, 7) is 6.70. The van der Waals surface area contributed by atoms with Crippen LogP contribution in [-0.2, 0) is 14.3 Å². The van der Waals surface area contributed by atoms with Crippen molar-refractivity contribution < 1.29 is 24.2 Å². The molecular weight excluding hydrogens is 420 g/mol. The first kappa shape index (κ1) is 24.3. The van der Waals surface area contributed by atoms with Crippen LogP contribution < -0.4 is 10.6 Å². The van der Waals surface area contributed by atoms with E-state index in [0.717, 1.165) is 28.7 Å². The summed E-state index contributed by atoms with van der Waals surface area (Å²) in [5.41, 5.74) is 4.37. The molecule has 2 unspecified atom stereocenters. The molecule has 0 saturated heterocycles. The number of carboxylic acids is 1. The Morgan fingerprint density at radius 3 is 2.09 bits per heavy atom. The van der Waals surface area contributed by atoms with Crippen molar-refractivity contribution in [3.63, 3.8) is 0 Å². The van der Waals surface area contributed by atoms with E-state index in [9.17, 15) is 19.5 Å². The molecule has 2 atom stereocenters. The summed E-state index contributed by atoms with van der Waals surface area (Å²) >= 11 is 0. The van der Waals surface area contributed by atoms with Crippen LogP contribution in [0, 0.1) is 11.8 Å². The molecule has 0 fully saturated rings. The summed E-state index contributed by atoms with van der Waals surface area (Å²) in [7, 11) is 0. The van der Waals surface area contributed by atoms with Gasteiger partial charge < -0.3 is 20.5 Å². The Morgan fingerprint density at radius 2 is 1.58 bits per heavy atom. The number of rotatable bonds is 10. The van der Waals surface area contributed by atoms with Crippen LogP contribution in [0.25, 0.3) is 11.1 Å². The van der Waals surface area contributed by atoms with Crippen LogP contribution in [0.5, 0.6) is 0 Å². The number of benzene rings is 2. The van der Waals surface area contributed by atoms with Gasteiger partial charge in [-0.15, -0.1) is 0 Å². The lowest BCUT2D eigenvalue weighted by atomic mass is 9.93. The van der Waals surface area contributed by atoms with Crippen molar-refractivity contribution in [1.29, 1.82) is 0 Å². The molecule has 1 aliphatic carbocycles. The number of hydrogen-bond donors (Lipinski definition) is 3. The second kappa shape index (κ2) is 11.0. The summed E-state index contributed by atoms with van der Waals surface area (Å²) in [5.74, 6) is -1.17. The number of alkyl carbamates (subject to hydrolysis) is 1. The minimum Gasteiger partial charge on any atom is -0.481 e. The maximum Gasteiger partial charge on any atom is 0.407 e. The highest BCUT2D eigenvalue weighted by Gasteiger charge is 2.30. The van der Waals surface area contributed by atoms with Gasteiger partial charge >= 0.3 is 12.1 Å². The van der Waals surface area contributed by atoms with Gasteiger partial charge in [0.2, 0.25) is 5.91 Å². The Kier molecular flexibility index (Phi) is 8.09. The number of nitrogens with one attached hydrogen (secondary N) is 2. The van der Waals surface area contributed by atoms with Crippen molar-refractivity contribution in [2.75, 3.05) is 13.2 Å². The number of ether oxygens (including phenoxy) is 1. The number of aliphatic carboxylic acids is 1. The first-order chi connectivity index (χ1) is 15.8. The Labute approximate surface area is 194 Å². The van der Waals surface area contributed by atoms with Crippen molar-refractivity contribution >= 4 is 18.0 Å². The summed E-state index contributed by atoms with van der Waals surface area (Å²) in [4.78, 5) is 36.4. The molecule has 2 aromatic rings. The van der Waals surface area contributed by atoms with Crippen molar-refractivity contribution in [3.8, 4) is 11.1 Å². The second-order valence-corrected chi connectivity index (χ2v) is 8.78. The van der Waals surface area contributed by atoms with Crippen LogP contribution >= 0.6 is 0 Å². The Hall–Kier alpha value is -3.35. The standard InChI is InChI=1S/C26H32N2O5/c1-4-17(16(2)3)14-27-25(31)23(13-24(29)30)28-26(32)33-15-22-20-11-7-5-9-18(20)19-10-6-8-12-21(19)22/h5-12,16-17,22-23H,4,13-15H2,1-3H3,(H,27,31)(H,28,32)(H,29,30). The minimum absolute atomic E-state index is 0.0898. The van der Waals surface area contributed by atoms with E-state index in [1.165, 1.54) is 0 Å². The Bertz CT molecular complexity index is 958. The van der Waals surface area contributed by atoms with Gasteiger partial charge in [0, 0.05) is 12.5 Å². The first-order valence-corrected chi connectivity index (χ1v) is 11.4. The quantitative estimate of drug-likeness (QED) is 0.502. The molecule has 0 spiro atoms. The van der Waals surface area contributed by atoms with E-state index in [2.05, 4.69) is 24.5 Å². The van der Waals surface area contributed by atoms with Crippen molar-refractivity contribution in [1.82, 2.24) is 10.6 Å². The number of amides is 2. The molecule has 33 heavy (non-hydrogen) atoms. The van der Waals surface area contributed by atoms with Crippen LogP contribution in [0.1, 0.15) is 50.7 Å². The van der Waals surface area contributed by atoms with Gasteiger partial charge in [-0.25, -0.2) is 4.79 Å². The third-order valence-corrected chi connectivity index (χ3v) is 6.34. The van der Waals surface area contributed by atoms with E-state index in [1.807, 2.05) is 55.5 Å². The molecule has 2 aromatic carbocycles. The largest absolute Gasteiger partial charge is 0.481 e. The molecule has 3 rings (SSSR count). The predicted molar refractivity (Wildman–Crippen MR) is 126 cm³/mol. The zero-order valence-electron chi connectivity index (χ0n) is 19.3. The van der Waals surface area contributed by atoms with Crippen LogP contribution in [0.15, 0.2) is 48.5 Å². The highest BCUT2D eigenvalue weighted by Crippen LogP contribution is 2.44. The smallest absolute Gasteiger partial charge is 0.407 e. The van der Waals surface area contributed by atoms with Crippen molar-refractivity contribution in [2.24, 2.45) is 11.8 Å². The van der Waals surface area contributed by atoms with E-state index < -0.39 is 30.4 Å². The highest BCUT2D eigenvalue weighted by atomic mass is 16.5. The second-order valence-electron chi connectivity index (χ2n) is 8.78. The van der Waals surface area contributed by atoms with Gasteiger partial charge in [-0.2, -0.15) is 0 Å².